The highest BCUT2D eigenvalue weighted by Gasteiger charge is 2.51. The number of carboxylic acid groups (broad SMARTS) is 1. The Bertz CT molecular complexity index is 3000. The van der Waals surface area contributed by atoms with Gasteiger partial charge in [0, 0.05) is 64.2 Å². The first-order valence-corrected chi connectivity index (χ1v) is 32.6. The second kappa shape index (κ2) is 38.1. The van der Waals surface area contributed by atoms with Crippen LogP contribution in [0, 0.1) is 29.1 Å². The summed E-state index contributed by atoms with van der Waals surface area (Å²) in [5.74, 6) is -3.99. The molecule has 92 heavy (non-hydrogen) atoms. The number of phenolic OH excluding ortho intramolecular Hbond substituents is 1. The van der Waals surface area contributed by atoms with Crippen LogP contribution in [-0.2, 0) is 75.1 Å². The van der Waals surface area contributed by atoms with Crippen LogP contribution in [-0.4, -0.2) is 153 Å². The van der Waals surface area contributed by atoms with Crippen molar-refractivity contribution in [3.05, 3.63) is 107 Å². The zero-order valence-electron chi connectivity index (χ0n) is 52.9. The van der Waals surface area contributed by atoms with E-state index in [1.807, 2.05) is 18.2 Å². The molecule has 4 aliphatic rings. The summed E-state index contributed by atoms with van der Waals surface area (Å²) in [5, 5.41) is 45.2. The fourth-order valence-corrected chi connectivity index (χ4v) is 12.0. The number of carbonyl (C=O) groups excluding carboxylic acids is 7. The third kappa shape index (κ3) is 23.9. The van der Waals surface area contributed by atoms with E-state index in [1.165, 1.54) is 29.8 Å². The van der Waals surface area contributed by atoms with Gasteiger partial charge in [0.05, 0.1) is 69.3 Å². The van der Waals surface area contributed by atoms with Crippen molar-refractivity contribution in [3.8, 4) is 5.75 Å². The van der Waals surface area contributed by atoms with Crippen molar-refractivity contribution in [2.75, 3.05) is 59.4 Å². The number of hydrogen-bond acceptors (Lipinski definition) is 17. The van der Waals surface area contributed by atoms with E-state index in [0.717, 1.165) is 73.4 Å². The lowest BCUT2D eigenvalue weighted by Crippen LogP contribution is -2.58. The molecule has 2 saturated carbocycles. The molecule has 2 heterocycles. The Hall–Kier alpha value is -8.06. The predicted molar refractivity (Wildman–Crippen MR) is 342 cm³/mol. The molecular formula is C68H93N9O15. The molecule has 24 heteroatoms. The highest BCUT2D eigenvalue weighted by molar-refractivity contribution is 6.06. The number of aromatic hydroxyl groups is 1. The molecule has 8 atom stereocenters. The summed E-state index contributed by atoms with van der Waals surface area (Å²) in [5.41, 5.74) is 15.9. The highest BCUT2D eigenvalue weighted by atomic mass is 16.5. The SMILES string of the molecule is CCCOCCOCCOC[C@@H]1[C@@H]2CCC3=C(c4ccc(COC(=O)CCCOCCC(=O)NCCCC[C@@H]5NC(=O)[C@@H](Cc6ccc(O)cc6)NC(=O)[C@H](CC(=O)O)NC(=O)CCC(=O)[C@H](CCCCC(=N)N)NC5=O)cc4)NN=C(c4ccccc4)C3CC[C@@H]21. The standard InChI is InChI=1S/C68H93N9O15/c1-2-33-88-36-37-90-38-39-91-43-53-49-25-27-51-52(28-26-50(49)53)65(77-76-64(51)46-11-4-3-5-12-46)47-21-17-45(18-22-47)42-92-63(84)16-10-34-89-35-31-60(80)71-32-9-8-14-55-66(85)73-54(13-6-7-15-59(69)70)58(79)29-30-61(81)72-57(41-62(82)83)68(87)75-56(67(86)74-55)40-44-19-23-48(78)24-20-44/h3-5,11-12,17-24,49-51,53-57,77-78H,2,6-10,13-16,25-43H2,1H3,(H3,69,70)(H,71,80)(H,72,81)(H,73,85)(H,74,86)(H,75,87)(H,82,83)/t49-,50+,51?,53-,54-,55-,56+,57-/m0/s1. The number of ketones is 1. The normalized spacial score (nSPS) is 22.0. The molecule has 1 saturated heterocycles. The van der Waals surface area contributed by atoms with E-state index >= 15 is 0 Å². The molecular weight excluding hydrogens is 1180 g/mol. The van der Waals surface area contributed by atoms with Crippen LogP contribution >= 0.6 is 0 Å². The Labute approximate surface area is 538 Å². The number of nitrogens with zero attached hydrogens (tertiary/aromatic N) is 1. The molecule has 2 aliphatic heterocycles. The molecule has 3 aromatic carbocycles. The minimum absolute atomic E-state index is 0.0371. The van der Waals surface area contributed by atoms with E-state index in [2.05, 4.69) is 75.3 Å². The number of aliphatic carboxylic acids is 1. The third-order valence-electron chi connectivity index (χ3n) is 17.1. The monoisotopic (exact) mass is 1280 g/mol. The number of benzene rings is 3. The number of carbonyl (C=O) groups is 8. The molecule has 5 amide bonds. The predicted octanol–water partition coefficient (Wildman–Crippen LogP) is 5.66. The number of unbranched alkanes of at least 4 members (excludes halogenated alkanes) is 2. The van der Waals surface area contributed by atoms with E-state index in [1.54, 1.807) is 0 Å². The third-order valence-corrected chi connectivity index (χ3v) is 17.1. The first-order chi connectivity index (χ1) is 44.6. The van der Waals surface area contributed by atoms with Gasteiger partial charge in [0.2, 0.25) is 29.5 Å². The Morgan fingerprint density at radius 2 is 1.29 bits per heavy atom. The van der Waals surface area contributed by atoms with Gasteiger partial charge in [-0.15, -0.1) is 0 Å². The van der Waals surface area contributed by atoms with Crippen LogP contribution in [0.3, 0.4) is 0 Å². The number of hydrazone groups is 1. The molecule has 0 bridgehead atoms. The topological polar surface area (TPSA) is 358 Å². The number of nitrogens with two attached hydrogens (primary N) is 1. The molecule has 3 fully saturated rings. The Kier molecular flexibility index (Phi) is 29.5. The van der Waals surface area contributed by atoms with Crippen molar-refractivity contribution in [3.63, 3.8) is 0 Å². The lowest BCUT2D eigenvalue weighted by molar-refractivity contribution is -0.145. The number of esters is 1. The largest absolute Gasteiger partial charge is 0.508 e. The summed E-state index contributed by atoms with van der Waals surface area (Å²) in [4.78, 5) is 106. The van der Waals surface area contributed by atoms with Crippen LogP contribution < -0.4 is 37.7 Å². The molecule has 11 N–H and O–H groups in total. The molecule has 7 rings (SSSR count). The summed E-state index contributed by atoms with van der Waals surface area (Å²) < 4.78 is 28.6. The maximum absolute atomic E-state index is 14.1. The van der Waals surface area contributed by atoms with Crippen LogP contribution in [0.4, 0.5) is 0 Å². The highest BCUT2D eigenvalue weighted by Crippen LogP contribution is 2.56. The number of Topliss-reactive ketones (excluding diaryl/α,β-unsaturated/α-hetero) is 1. The minimum Gasteiger partial charge on any atom is -0.508 e. The number of phenols is 1. The van der Waals surface area contributed by atoms with Gasteiger partial charge in [-0.2, -0.15) is 5.10 Å². The van der Waals surface area contributed by atoms with E-state index in [4.69, 9.17) is 39.9 Å². The Morgan fingerprint density at radius 3 is 2.03 bits per heavy atom. The molecule has 1 unspecified atom stereocenters. The minimum atomic E-state index is -1.62. The maximum Gasteiger partial charge on any atom is 0.306 e. The summed E-state index contributed by atoms with van der Waals surface area (Å²) >= 11 is 0. The van der Waals surface area contributed by atoms with Crippen LogP contribution in [0.2, 0.25) is 0 Å². The number of allylic oxidation sites excluding steroid dienone is 1. The number of carboxylic acids is 1. The fraction of sp³-hybridized carbons (Fsp3) is 0.559. The number of amides is 5. The molecule has 0 spiro atoms. The van der Waals surface area contributed by atoms with Gasteiger partial charge in [-0.3, -0.25) is 49.2 Å². The second-order valence-corrected chi connectivity index (χ2v) is 24.0. The zero-order chi connectivity index (χ0) is 65.6. The van der Waals surface area contributed by atoms with Crippen LogP contribution in [0.25, 0.3) is 5.70 Å². The number of ether oxygens (including phenoxy) is 5. The van der Waals surface area contributed by atoms with Gasteiger partial charge >= 0.3 is 11.9 Å². The molecule has 0 aromatic heterocycles. The van der Waals surface area contributed by atoms with Gasteiger partial charge in [0.25, 0.3) is 0 Å². The van der Waals surface area contributed by atoms with Gasteiger partial charge in [-0.05, 0) is 128 Å². The van der Waals surface area contributed by atoms with E-state index in [9.17, 15) is 48.6 Å². The number of nitrogens with one attached hydrogen (secondary N) is 7. The average Bonchev–Trinajstić information content (AvgIpc) is 1.55. The number of hydrogen-bond donors (Lipinski definition) is 10. The second-order valence-electron chi connectivity index (χ2n) is 24.0. The van der Waals surface area contributed by atoms with Crippen molar-refractivity contribution in [2.24, 2.45) is 34.5 Å². The van der Waals surface area contributed by atoms with Gasteiger partial charge in [0.15, 0.2) is 5.78 Å². The van der Waals surface area contributed by atoms with Gasteiger partial charge in [-0.1, -0.05) is 80.1 Å². The van der Waals surface area contributed by atoms with Crippen molar-refractivity contribution >= 4 is 64.5 Å². The fourth-order valence-electron chi connectivity index (χ4n) is 12.0. The van der Waals surface area contributed by atoms with Gasteiger partial charge < -0.3 is 66.2 Å². The quantitative estimate of drug-likeness (QED) is 0.0147. The van der Waals surface area contributed by atoms with Gasteiger partial charge in [0.1, 0.15) is 30.5 Å². The first-order valence-electron chi connectivity index (χ1n) is 32.6. The van der Waals surface area contributed by atoms with Crippen molar-refractivity contribution < 1.29 is 72.3 Å². The first kappa shape index (κ1) is 71.4. The lowest BCUT2D eigenvalue weighted by atomic mass is 9.78. The molecule has 0 radical (unpaired) electrons. The molecule has 3 aromatic rings. The number of fused-ring (bicyclic) bond motifs is 2. The summed E-state index contributed by atoms with van der Waals surface area (Å²) in [7, 11) is 0. The molecule has 24 nitrogen and oxygen atoms in total. The maximum atomic E-state index is 14.1. The Morgan fingerprint density at radius 1 is 0.641 bits per heavy atom. The van der Waals surface area contributed by atoms with Crippen molar-refractivity contribution in [1.82, 2.24) is 32.0 Å². The molecule has 2 aliphatic carbocycles. The summed E-state index contributed by atoms with van der Waals surface area (Å²) in [6.45, 7) is 6.60. The summed E-state index contributed by atoms with van der Waals surface area (Å²) in [6.07, 6.45) is 5.88. The van der Waals surface area contributed by atoms with Crippen molar-refractivity contribution in [1.29, 1.82) is 5.41 Å². The summed E-state index contributed by atoms with van der Waals surface area (Å²) in [6, 6.07) is 18.9. The smallest absolute Gasteiger partial charge is 0.306 e. The van der Waals surface area contributed by atoms with Crippen LogP contribution in [0.15, 0.2) is 89.5 Å². The van der Waals surface area contributed by atoms with Crippen LogP contribution in [0.5, 0.6) is 5.75 Å². The van der Waals surface area contributed by atoms with E-state index < -0.39 is 72.4 Å². The Balaban J connectivity index is 0.838. The van der Waals surface area contributed by atoms with Gasteiger partial charge in [-0.25, -0.2) is 0 Å². The van der Waals surface area contributed by atoms with Crippen molar-refractivity contribution in [2.45, 2.75) is 160 Å². The molecule has 500 valence electrons. The number of amidine groups is 1. The van der Waals surface area contributed by atoms with E-state index in [0.29, 0.717) is 81.8 Å². The van der Waals surface area contributed by atoms with Crippen LogP contribution in [0.1, 0.15) is 145 Å². The van der Waals surface area contributed by atoms with E-state index in [-0.39, 0.29) is 101 Å². The zero-order valence-corrected chi connectivity index (χ0v) is 52.9. The average molecular weight is 1280 g/mol. The lowest BCUT2D eigenvalue weighted by Gasteiger charge is -2.31. The number of rotatable bonds is 35.